The Kier molecular flexibility index (Phi) is 5.48. The van der Waals surface area contributed by atoms with Gasteiger partial charge in [-0.25, -0.2) is 0 Å². The van der Waals surface area contributed by atoms with Crippen molar-refractivity contribution in [2.45, 2.75) is 65.8 Å². The number of nitrogens with one attached hydrogen (secondary N) is 1. The first kappa shape index (κ1) is 16.5. The second kappa shape index (κ2) is 6.95. The Bertz CT molecular complexity index is 435. The van der Waals surface area contributed by atoms with E-state index in [-0.39, 0.29) is 0 Å². The highest BCUT2D eigenvalue weighted by Gasteiger charge is 2.38. The van der Waals surface area contributed by atoms with Crippen molar-refractivity contribution < 1.29 is 0 Å². The van der Waals surface area contributed by atoms with Crippen LogP contribution in [0.15, 0.2) is 12.4 Å². The van der Waals surface area contributed by atoms with Crippen molar-refractivity contribution >= 4 is 0 Å². The summed E-state index contributed by atoms with van der Waals surface area (Å²) in [6.45, 7) is 10.7. The average Bonchev–Trinajstić information content (AvgIpc) is 2.80. The van der Waals surface area contributed by atoms with Crippen molar-refractivity contribution in [2.75, 3.05) is 6.54 Å². The fraction of sp³-hybridized carbons (Fsp3) is 0.833. The number of nitrogens with zero attached hydrogens (tertiary/aromatic N) is 2. The van der Waals surface area contributed by atoms with Crippen molar-refractivity contribution in [2.24, 2.45) is 24.3 Å². The number of hydrogen-bond acceptors (Lipinski definition) is 2. The van der Waals surface area contributed by atoms with Crippen LogP contribution in [-0.2, 0) is 13.5 Å². The topological polar surface area (TPSA) is 29.9 Å². The molecule has 0 radical (unpaired) electrons. The average molecular weight is 291 g/mol. The van der Waals surface area contributed by atoms with Gasteiger partial charge in [-0.2, -0.15) is 5.10 Å². The molecule has 21 heavy (non-hydrogen) atoms. The van der Waals surface area contributed by atoms with Gasteiger partial charge in [-0.05, 0) is 55.0 Å². The highest BCUT2D eigenvalue weighted by molar-refractivity contribution is 5.08. The van der Waals surface area contributed by atoms with Gasteiger partial charge in [0, 0.05) is 19.3 Å². The normalized spacial score (nSPS) is 27.0. The molecule has 0 aromatic carbocycles. The van der Waals surface area contributed by atoms with E-state index in [0.717, 1.165) is 24.8 Å². The van der Waals surface area contributed by atoms with Gasteiger partial charge in [-0.3, -0.25) is 4.68 Å². The summed E-state index contributed by atoms with van der Waals surface area (Å²) in [6.07, 6.45) is 10.6. The molecule has 1 aromatic rings. The Labute approximate surface area is 130 Å². The summed E-state index contributed by atoms with van der Waals surface area (Å²) < 4.78 is 1.92. The number of aromatic nitrogens is 2. The lowest BCUT2D eigenvalue weighted by molar-refractivity contribution is 0.0941. The first-order chi connectivity index (χ1) is 9.92. The summed E-state index contributed by atoms with van der Waals surface area (Å²) >= 11 is 0. The maximum atomic E-state index is 4.33. The SMILES string of the molecule is CCCNC1CC(C)CCC1C(C)(C)Cc1cnn(C)c1. The van der Waals surface area contributed by atoms with E-state index in [4.69, 9.17) is 0 Å². The molecule has 2 rings (SSSR count). The highest BCUT2D eigenvalue weighted by atomic mass is 15.2. The van der Waals surface area contributed by atoms with Gasteiger partial charge >= 0.3 is 0 Å². The molecule has 3 heteroatoms. The molecule has 120 valence electrons. The van der Waals surface area contributed by atoms with Gasteiger partial charge in [-0.15, -0.1) is 0 Å². The molecule has 1 aromatic heterocycles. The largest absolute Gasteiger partial charge is 0.314 e. The summed E-state index contributed by atoms with van der Waals surface area (Å²) in [5, 5.41) is 8.16. The van der Waals surface area contributed by atoms with Crippen molar-refractivity contribution in [1.82, 2.24) is 15.1 Å². The molecule has 0 amide bonds. The molecule has 0 saturated heterocycles. The van der Waals surface area contributed by atoms with Gasteiger partial charge in [-0.1, -0.05) is 34.1 Å². The molecule has 0 bridgehead atoms. The van der Waals surface area contributed by atoms with Crippen LogP contribution in [0.2, 0.25) is 0 Å². The predicted molar refractivity (Wildman–Crippen MR) is 89.3 cm³/mol. The van der Waals surface area contributed by atoms with Gasteiger partial charge in [0.05, 0.1) is 6.20 Å². The summed E-state index contributed by atoms with van der Waals surface area (Å²) in [5.74, 6) is 1.63. The van der Waals surface area contributed by atoms with Gasteiger partial charge in [0.1, 0.15) is 0 Å². The Morgan fingerprint density at radius 3 is 2.76 bits per heavy atom. The fourth-order valence-corrected chi connectivity index (χ4v) is 4.09. The van der Waals surface area contributed by atoms with Gasteiger partial charge in [0.25, 0.3) is 0 Å². The van der Waals surface area contributed by atoms with Crippen LogP contribution in [0.5, 0.6) is 0 Å². The zero-order valence-corrected chi connectivity index (χ0v) is 14.5. The Hall–Kier alpha value is -0.830. The van der Waals surface area contributed by atoms with Crippen LogP contribution in [0, 0.1) is 17.3 Å². The third-order valence-electron chi connectivity index (χ3n) is 5.19. The monoisotopic (exact) mass is 291 g/mol. The molecule has 1 saturated carbocycles. The third-order valence-corrected chi connectivity index (χ3v) is 5.19. The van der Waals surface area contributed by atoms with Crippen LogP contribution < -0.4 is 5.32 Å². The second-order valence-corrected chi connectivity index (χ2v) is 7.77. The first-order valence-corrected chi connectivity index (χ1v) is 8.63. The lowest BCUT2D eigenvalue weighted by Gasteiger charge is -2.44. The van der Waals surface area contributed by atoms with E-state index in [9.17, 15) is 0 Å². The standard InChI is InChI=1S/C18H33N3/c1-6-9-19-17-10-14(2)7-8-16(17)18(3,4)11-15-12-20-21(5)13-15/h12-14,16-17,19H,6-11H2,1-5H3. The fourth-order valence-electron chi connectivity index (χ4n) is 4.09. The van der Waals surface area contributed by atoms with Gasteiger partial charge in [0.15, 0.2) is 0 Å². The van der Waals surface area contributed by atoms with Crippen molar-refractivity contribution in [3.63, 3.8) is 0 Å². The van der Waals surface area contributed by atoms with Crippen molar-refractivity contribution in [3.05, 3.63) is 18.0 Å². The van der Waals surface area contributed by atoms with Crippen LogP contribution in [-0.4, -0.2) is 22.4 Å². The lowest BCUT2D eigenvalue weighted by Crippen LogP contribution is -2.47. The maximum Gasteiger partial charge on any atom is 0.0521 e. The Balaban J connectivity index is 2.07. The molecule has 1 N–H and O–H groups in total. The van der Waals surface area contributed by atoms with E-state index in [1.165, 1.54) is 31.2 Å². The second-order valence-electron chi connectivity index (χ2n) is 7.77. The van der Waals surface area contributed by atoms with Crippen LogP contribution in [0.25, 0.3) is 0 Å². The number of aryl methyl sites for hydroxylation is 1. The summed E-state index contributed by atoms with van der Waals surface area (Å²) in [5.41, 5.74) is 1.70. The van der Waals surface area contributed by atoms with Crippen molar-refractivity contribution in [1.29, 1.82) is 0 Å². The first-order valence-electron chi connectivity index (χ1n) is 8.63. The molecule has 3 atom stereocenters. The zero-order chi connectivity index (χ0) is 15.5. The number of hydrogen-bond donors (Lipinski definition) is 1. The molecule has 3 nitrogen and oxygen atoms in total. The quantitative estimate of drug-likeness (QED) is 0.864. The van der Waals surface area contributed by atoms with Gasteiger partial charge < -0.3 is 5.32 Å². The van der Waals surface area contributed by atoms with E-state index in [0.29, 0.717) is 11.5 Å². The molecule has 1 heterocycles. The predicted octanol–water partition coefficient (Wildman–Crippen LogP) is 3.79. The molecule has 1 aliphatic rings. The molecule has 1 fully saturated rings. The molecular formula is C18H33N3. The van der Waals surface area contributed by atoms with Crippen LogP contribution in [0.4, 0.5) is 0 Å². The maximum absolute atomic E-state index is 4.33. The highest BCUT2D eigenvalue weighted by Crippen LogP contribution is 2.42. The van der Waals surface area contributed by atoms with E-state index in [1.54, 1.807) is 0 Å². The zero-order valence-electron chi connectivity index (χ0n) is 14.5. The minimum absolute atomic E-state index is 0.328. The van der Waals surface area contributed by atoms with E-state index >= 15 is 0 Å². The molecule has 0 aliphatic heterocycles. The van der Waals surface area contributed by atoms with Crippen LogP contribution in [0.3, 0.4) is 0 Å². The van der Waals surface area contributed by atoms with E-state index in [1.807, 2.05) is 17.9 Å². The molecular weight excluding hydrogens is 258 g/mol. The van der Waals surface area contributed by atoms with Crippen LogP contribution in [0.1, 0.15) is 58.9 Å². The van der Waals surface area contributed by atoms with E-state index in [2.05, 4.69) is 44.3 Å². The molecule has 3 unspecified atom stereocenters. The summed E-state index contributed by atoms with van der Waals surface area (Å²) in [6, 6.07) is 0.681. The van der Waals surface area contributed by atoms with E-state index < -0.39 is 0 Å². The Morgan fingerprint density at radius 1 is 1.38 bits per heavy atom. The minimum atomic E-state index is 0.328. The minimum Gasteiger partial charge on any atom is -0.314 e. The third kappa shape index (κ3) is 4.32. The van der Waals surface area contributed by atoms with Crippen molar-refractivity contribution in [3.8, 4) is 0 Å². The Morgan fingerprint density at radius 2 is 2.14 bits per heavy atom. The molecule has 1 aliphatic carbocycles. The summed E-state index contributed by atoms with van der Waals surface area (Å²) in [4.78, 5) is 0. The summed E-state index contributed by atoms with van der Waals surface area (Å²) in [7, 11) is 2.00. The lowest BCUT2D eigenvalue weighted by atomic mass is 9.64. The van der Waals surface area contributed by atoms with Gasteiger partial charge in [0.2, 0.25) is 0 Å². The molecule has 0 spiro atoms. The van der Waals surface area contributed by atoms with Crippen LogP contribution >= 0.6 is 0 Å². The number of rotatable bonds is 6. The smallest absolute Gasteiger partial charge is 0.0521 e.